The summed E-state index contributed by atoms with van der Waals surface area (Å²) in [6.45, 7) is 6.30. The number of carbonyl (C=O) groups is 1. The third-order valence-electron chi connectivity index (χ3n) is 2.72. The van der Waals surface area contributed by atoms with Gasteiger partial charge in [-0.15, -0.1) is 0 Å². The molecule has 0 aliphatic carbocycles. The zero-order valence-corrected chi connectivity index (χ0v) is 12.1. The maximum Gasteiger partial charge on any atom is 0.234 e. The second-order valence-corrected chi connectivity index (χ2v) is 5.91. The van der Waals surface area contributed by atoms with E-state index in [-0.39, 0.29) is 5.91 Å². The molecule has 3 nitrogen and oxygen atoms in total. The van der Waals surface area contributed by atoms with Gasteiger partial charge in [0.1, 0.15) is 0 Å². The predicted molar refractivity (Wildman–Crippen MR) is 81.0 cm³/mol. The predicted octanol–water partition coefficient (Wildman–Crippen LogP) is 3.30. The Morgan fingerprint density at radius 2 is 2.17 bits per heavy atom. The van der Waals surface area contributed by atoms with Gasteiger partial charge in [0.25, 0.3) is 0 Å². The lowest BCUT2D eigenvalue weighted by molar-refractivity contribution is -0.113. The first-order valence-corrected chi connectivity index (χ1v) is 7.39. The summed E-state index contributed by atoms with van der Waals surface area (Å²) in [4.78, 5) is 11.7. The number of anilines is 2. The van der Waals surface area contributed by atoms with Crippen molar-refractivity contribution in [2.24, 2.45) is 5.92 Å². The van der Waals surface area contributed by atoms with E-state index in [9.17, 15) is 4.79 Å². The van der Waals surface area contributed by atoms with Gasteiger partial charge in [-0.25, -0.2) is 0 Å². The van der Waals surface area contributed by atoms with Crippen molar-refractivity contribution in [2.45, 2.75) is 27.2 Å². The van der Waals surface area contributed by atoms with Crippen molar-refractivity contribution in [3.8, 4) is 0 Å². The monoisotopic (exact) mass is 266 g/mol. The number of hydrogen-bond acceptors (Lipinski definition) is 3. The van der Waals surface area contributed by atoms with Crippen LogP contribution in [-0.4, -0.2) is 17.4 Å². The first kappa shape index (κ1) is 14.9. The van der Waals surface area contributed by atoms with E-state index in [0.717, 1.165) is 23.4 Å². The van der Waals surface area contributed by atoms with Crippen molar-refractivity contribution < 1.29 is 4.79 Å². The summed E-state index contributed by atoms with van der Waals surface area (Å²) < 4.78 is 0. The Morgan fingerprint density at radius 3 is 2.83 bits per heavy atom. The van der Waals surface area contributed by atoms with Gasteiger partial charge in [-0.1, -0.05) is 19.9 Å². The summed E-state index contributed by atoms with van der Waals surface area (Å²) in [5.41, 5.74) is 8.24. The minimum atomic E-state index is 0.0393. The van der Waals surface area contributed by atoms with Crippen molar-refractivity contribution in [2.75, 3.05) is 22.6 Å². The number of hydrogen-bond donors (Lipinski definition) is 2. The number of thioether (sulfide) groups is 1. The van der Waals surface area contributed by atoms with E-state index in [0.29, 0.717) is 17.4 Å². The Balaban J connectivity index is 2.38. The molecule has 0 fully saturated rings. The topological polar surface area (TPSA) is 55.1 Å². The Kier molecular flexibility index (Phi) is 6.05. The van der Waals surface area contributed by atoms with Gasteiger partial charge in [-0.2, -0.15) is 11.8 Å². The third-order valence-corrected chi connectivity index (χ3v) is 3.71. The highest BCUT2D eigenvalue weighted by atomic mass is 32.2. The zero-order valence-electron chi connectivity index (χ0n) is 11.3. The first-order chi connectivity index (χ1) is 8.50. The number of rotatable bonds is 6. The summed E-state index contributed by atoms with van der Waals surface area (Å²) in [6, 6.07) is 5.56. The second kappa shape index (κ2) is 7.31. The van der Waals surface area contributed by atoms with Crippen LogP contribution in [-0.2, 0) is 4.79 Å². The fourth-order valence-electron chi connectivity index (χ4n) is 1.46. The van der Waals surface area contributed by atoms with Gasteiger partial charge in [0.15, 0.2) is 0 Å². The molecule has 1 aromatic carbocycles. The average molecular weight is 266 g/mol. The average Bonchev–Trinajstić information content (AvgIpc) is 2.30. The molecule has 0 bridgehead atoms. The van der Waals surface area contributed by atoms with Crippen LogP contribution in [0.3, 0.4) is 0 Å². The van der Waals surface area contributed by atoms with Gasteiger partial charge < -0.3 is 11.1 Å². The highest BCUT2D eigenvalue weighted by Crippen LogP contribution is 2.20. The quantitative estimate of drug-likeness (QED) is 0.613. The Hall–Kier alpha value is -1.16. The molecule has 1 amide bonds. The van der Waals surface area contributed by atoms with Gasteiger partial charge >= 0.3 is 0 Å². The minimum Gasteiger partial charge on any atom is -0.398 e. The fraction of sp³-hybridized carbons (Fsp3) is 0.500. The molecule has 1 aromatic rings. The van der Waals surface area contributed by atoms with Gasteiger partial charge in [0, 0.05) is 11.4 Å². The second-order valence-electron chi connectivity index (χ2n) is 4.80. The van der Waals surface area contributed by atoms with E-state index >= 15 is 0 Å². The first-order valence-electron chi connectivity index (χ1n) is 6.23. The van der Waals surface area contributed by atoms with E-state index in [1.807, 2.05) is 25.1 Å². The molecule has 0 spiro atoms. The Bertz CT molecular complexity index is 405. The number of nitrogens with two attached hydrogens (primary N) is 1. The summed E-state index contributed by atoms with van der Waals surface area (Å²) in [5, 5.41) is 2.90. The van der Waals surface area contributed by atoms with Crippen molar-refractivity contribution in [3.05, 3.63) is 23.8 Å². The fourth-order valence-corrected chi connectivity index (χ4v) is 2.50. The maximum atomic E-state index is 11.7. The Labute approximate surface area is 114 Å². The standard InChI is InChI=1S/C14H22N2OS/c1-10(2)7-8-18-9-14(17)16-13-6-4-5-12(15)11(13)3/h4-6,10H,7-9,15H2,1-3H3,(H,16,17). The van der Waals surface area contributed by atoms with E-state index in [1.54, 1.807) is 11.8 Å². The third kappa shape index (κ3) is 5.00. The van der Waals surface area contributed by atoms with Crippen molar-refractivity contribution in [3.63, 3.8) is 0 Å². The van der Waals surface area contributed by atoms with E-state index in [1.165, 1.54) is 0 Å². The molecule has 0 heterocycles. The van der Waals surface area contributed by atoms with Crippen LogP contribution in [0.1, 0.15) is 25.8 Å². The molecule has 0 saturated carbocycles. The molecule has 18 heavy (non-hydrogen) atoms. The SMILES string of the molecule is Cc1c(N)cccc1NC(=O)CSCCC(C)C. The van der Waals surface area contributed by atoms with Crippen molar-refractivity contribution >= 4 is 29.0 Å². The number of nitrogens with one attached hydrogen (secondary N) is 1. The lowest BCUT2D eigenvalue weighted by atomic mass is 10.1. The summed E-state index contributed by atoms with van der Waals surface area (Å²) in [7, 11) is 0. The number of nitrogen functional groups attached to an aromatic ring is 1. The molecule has 0 aliphatic heterocycles. The Morgan fingerprint density at radius 1 is 1.44 bits per heavy atom. The summed E-state index contributed by atoms with van der Waals surface area (Å²) in [6.07, 6.45) is 1.15. The lowest BCUT2D eigenvalue weighted by Gasteiger charge is -2.10. The minimum absolute atomic E-state index is 0.0393. The van der Waals surface area contributed by atoms with Crippen LogP contribution in [0.2, 0.25) is 0 Å². The molecular formula is C14H22N2OS. The zero-order chi connectivity index (χ0) is 13.5. The molecule has 0 radical (unpaired) electrons. The van der Waals surface area contributed by atoms with E-state index in [2.05, 4.69) is 19.2 Å². The molecule has 0 atom stereocenters. The molecule has 0 saturated heterocycles. The van der Waals surface area contributed by atoms with E-state index < -0.39 is 0 Å². The molecular weight excluding hydrogens is 244 g/mol. The smallest absolute Gasteiger partial charge is 0.234 e. The number of benzene rings is 1. The normalized spacial score (nSPS) is 10.7. The summed E-state index contributed by atoms with van der Waals surface area (Å²) in [5.74, 6) is 2.26. The van der Waals surface area contributed by atoms with Crippen LogP contribution in [0, 0.1) is 12.8 Å². The molecule has 3 N–H and O–H groups in total. The van der Waals surface area contributed by atoms with Gasteiger partial charge in [-0.3, -0.25) is 4.79 Å². The van der Waals surface area contributed by atoms with Crippen LogP contribution >= 0.6 is 11.8 Å². The van der Waals surface area contributed by atoms with Crippen molar-refractivity contribution in [1.82, 2.24) is 0 Å². The lowest BCUT2D eigenvalue weighted by Crippen LogP contribution is -2.15. The highest BCUT2D eigenvalue weighted by Gasteiger charge is 2.06. The molecule has 100 valence electrons. The van der Waals surface area contributed by atoms with Crippen LogP contribution < -0.4 is 11.1 Å². The van der Waals surface area contributed by atoms with E-state index in [4.69, 9.17) is 5.73 Å². The number of amides is 1. The largest absolute Gasteiger partial charge is 0.398 e. The van der Waals surface area contributed by atoms with Gasteiger partial charge in [0.2, 0.25) is 5.91 Å². The van der Waals surface area contributed by atoms with Crippen LogP contribution in [0.5, 0.6) is 0 Å². The number of carbonyl (C=O) groups excluding carboxylic acids is 1. The summed E-state index contributed by atoms with van der Waals surface area (Å²) >= 11 is 1.68. The molecule has 0 aromatic heterocycles. The molecule has 1 rings (SSSR count). The van der Waals surface area contributed by atoms with Crippen LogP contribution in [0.15, 0.2) is 18.2 Å². The molecule has 0 aliphatic rings. The maximum absolute atomic E-state index is 11.7. The van der Waals surface area contributed by atoms with Crippen LogP contribution in [0.4, 0.5) is 11.4 Å². The van der Waals surface area contributed by atoms with Gasteiger partial charge in [0.05, 0.1) is 5.75 Å². The van der Waals surface area contributed by atoms with Gasteiger partial charge in [-0.05, 0) is 42.7 Å². The molecule has 4 heteroatoms. The molecule has 0 unspecified atom stereocenters. The highest BCUT2D eigenvalue weighted by molar-refractivity contribution is 7.99. The van der Waals surface area contributed by atoms with Crippen molar-refractivity contribution in [1.29, 1.82) is 0 Å². The van der Waals surface area contributed by atoms with Crippen LogP contribution in [0.25, 0.3) is 0 Å².